The first-order valence-electron chi connectivity index (χ1n) is 13.5. The monoisotopic (exact) mass is 642 g/mol. The van der Waals surface area contributed by atoms with E-state index in [0.717, 1.165) is 26.0 Å². The van der Waals surface area contributed by atoms with Gasteiger partial charge in [0.15, 0.2) is 0 Å². The maximum atomic E-state index is 13.7. The maximum Gasteiger partial charge on any atom is 0.427 e. The van der Waals surface area contributed by atoms with Crippen LogP contribution in [0.15, 0.2) is 59.7 Å². The predicted octanol–water partition coefficient (Wildman–Crippen LogP) is 1.03. The molecule has 2 rings (SSSR count). The van der Waals surface area contributed by atoms with E-state index < -0.39 is 60.5 Å². The molecule has 2 atom stereocenters. The van der Waals surface area contributed by atoms with E-state index in [1.807, 2.05) is 0 Å². The summed E-state index contributed by atoms with van der Waals surface area (Å²) in [6.07, 6.45) is -1.86. The van der Waals surface area contributed by atoms with Crippen LogP contribution in [0.1, 0.15) is 25.8 Å². The van der Waals surface area contributed by atoms with Crippen molar-refractivity contribution in [2.45, 2.75) is 32.5 Å². The molecule has 0 saturated carbocycles. The highest BCUT2D eigenvalue weighted by atomic mass is 16.6. The van der Waals surface area contributed by atoms with Gasteiger partial charge >= 0.3 is 30.0 Å². The molecule has 17 nitrogen and oxygen atoms in total. The molecule has 0 radical (unpaired) electrons. The molecule has 2 aromatic carbocycles. The molecule has 0 aliphatic carbocycles. The summed E-state index contributed by atoms with van der Waals surface area (Å²) >= 11 is 0. The number of carbonyl (C=O) groups is 7. The Kier molecular flexibility index (Phi) is 14.6. The average molecular weight is 643 g/mol. The van der Waals surface area contributed by atoms with E-state index in [2.05, 4.69) is 36.0 Å². The van der Waals surface area contributed by atoms with Crippen LogP contribution in [0.5, 0.6) is 0 Å². The number of hydrogen-bond acceptors (Lipinski definition) is 12. The van der Waals surface area contributed by atoms with Gasteiger partial charge in [0.1, 0.15) is 19.3 Å². The summed E-state index contributed by atoms with van der Waals surface area (Å²) in [4.78, 5) is 86.8. The van der Waals surface area contributed by atoms with Crippen molar-refractivity contribution in [2.24, 2.45) is 5.10 Å². The standard InChI is InChI=1S/C29H34N6O11/c1-18(36)31-23(16-24(38)43-3)26(39)35(22-8-6-5-7-9-22)25(27(40)44-4)33-28(41)32-21-12-10-20(11-13-21)17-30-34-29(42)46-15-14-45-19(2)37/h5-13,17,23,25H,14-16H2,1-4H3,(H,31,36)(H,34,42)(H2,32,33,41)/t23-,25+/m0/s1. The van der Waals surface area contributed by atoms with E-state index in [-0.39, 0.29) is 24.6 Å². The molecule has 2 aromatic rings. The molecule has 5 amide bonds. The molecule has 17 heteroatoms. The summed E-state index contributed by atoms with van der Waals surface area (Å²) in [5, 5.41) is 11.0. The number of nitrogens with one attached hydrogen (secondary N) is 4. The molecule has 0 aromatic heterocycles. The summed E-state index contributed by atoms with van der Waals surface area (Å²) in [5.74, 6) is -3.88. The molecule has 246 valence electrons. The van der Waals surface area contributed by atoms with Gasteiger partial charge in [-0.2, -0.15) is 5.10 Å². The van der Waals surface area contributed by atoms with Gasteiger partial charge in [0.05, 0.1) is 26.9 Å². The molecule has 0 aliphatic rings. The maximum absolute atomic E-state index is 13.7. The average Bonchev–Trinajstić information content (AvgIpc) is 3.03. The molecule has 46 heavy (non-hydrogen) atoms. The highest BCUT2D eigenvalue weighted by Gasteiger charge is 2.38. The van der Waals surface area contributed by atoms with Gasteiger partial charge in [-0.05, 0) is 29.8 Å². The first kappa shape index (κ1) is 36.2. The Labute approximate surface area is 263 Å². The van der Waals surface area contributed by atoms with Gasteiger partial charge in [-0.15, -0.1) is 0 Å². The van der Waals surface area contributed by atoms with Gasteiger partial charge in [0, 0.05) is 25.2 Å². The highest BCUT2D eigenvalue weighted by Crippen LogP contribution is 2.19. The molecule has 0 bridgehead atoms. The van der Waals surface area contributed by atoms with Crippen LogP contribution in [0.2, 0.25) is 0 Å². The lowest BCUT2D eigenvalue weighted by molar-refractivity contribution is -0.145. The van der Waals surface area contributed by atoms with Crippen LogP contribution >= 0.6 is 0 Å². The van der Waals surface area contributed by atoms with Crippen molar-refractivity contribution in [1.29, 1.82) is 0 Å². The van der Waals surface area contributed by atoms with Gasteiger partial charge in [0.25, 0.3) is 5.91 Å². The van der Waals surface area contributed by atoms with E-state index in [1.165, 1.54) is 37.4 Å². The first-order chi connectivity index (χ1) is 21.9. The Morgan fingerprint density at radius 2 is 1.50 bits per heavy atom. The van der Waals surface area contributed by atoms with E-state index in [9.17, 15) is 33.6 Å². The zero-order chi connectivity index (χ0) is 34.1. The summed E-state index contributed by atoms with van der Waals surface area (Å²) in [5.41, 5.74) is 3.08. The number of carbonyl (C=O) groups excluding carboxylic acids is 7. The van der Waals surface area contributed by atoms with Gasteiger partial charge in [-0.3, -0.25) is 24.1 Å². The first-order valence-corrected chi connectivity index (χ1v) is 13.5. The fraction of sp³-hybridized carbons (Fsp3) is 0.310. The number of methoxy groups -OCH3 is 2. The Bertz CT molecular complexity index is 1420. The van der Waals surface area contributed by atoms with Crippen LogP contribution in [-0.2, 0) is 42.9 Å². The third-order valence-electron chi connectivity index (χ3n) is 5.66. The zero-order valence-electron chi connectivity index (χ0n) is 25.4. The Morgan fingerprint density at radius 3 is 2.09 bits per heavy atom. The molecule has 0 unspecified atom stereocenters. The van der Waals surface area contributed by atoms with Gasteiger partial charge in [0.2, 0.25) is 12.1 Å². The van der Waals surface area contributed by atoms with Crippen molar-refractivity contribution < 1.29 is 52.5 Å². The smallest absolute Gasteiger partial charge is 0.427 e. The normalized spacial score (nSPS) is 11.7. The Hall–Kier alpha value is -6.00. The summed E-state index contributed by atoms with van der Waals surface area (Å²) in [7, 11) is 2.17. The third-order valence-corrected chi connectivity index (χ3v) is 5.66. The third kappa shape index (κ3) is 12.3. The summed E-state index contributed by atoms with van der Waals surface area (Å²) < 4.78 is 18.9. The number of nitrogens with zero attached hydrogens (tertiary/aromatic N) is 2. The summed E-state index contributed by atoms with van der Waals surface area (Å²) in [6.45, 7) is 2.12. The van der Waals surface area contributed by atoms with E-state index in [0.29, 0.717) is 5.56 Å². The number of anilines is 2. The lowest BCUT2D eigenvalue weighted by atomic mass is 10.1. The largest absolute Gasteiger partial charge is 0.469 e. The highest BCUT2D eigenvalue weighted by molar-refractivity contribution is 6.06. The molecule has 0 heterocycles. The number of hydrazone groups is 1. The second-order valence-corrected chi connectivity index (χ2v) is 9.07. The quantitative estimate of drug-likeness (QED) is 0.0569. The second-order valence-electron chi connectivity index (χ2n) is 9.07. The number of ether oxygens (including phenoxy) is 4. The van der Waals surface area contributed by atoms with E-state index in [1.54, 1.807) is 30.3 Å². The van der Waals surface area contributed by atoms with Crippen molar-refractivity contribution in [3.8, 4) is 0 Å². The molecule has 4 N–H and O–H groups in total. The van der Waals surface area contributed by atoms with E-state index >= 15 is 0 Å². The predicted molar refractivity (Wildman–Crippen MR) is 161 cm³/mol. The Morgan fingerprint density at radius 1 is 0.848 bits per heavy atom. The zero-order valence-corrected chi connectivity index (χ0v) is 25.4. The number of amides is 5. The molecular formula is C29H34N6O11. The SMILES string of the molecule is COC(=O)C[C@H](NC(C)=O)C(=O)N(c1ccccc1)[C@@H](NC(=O)Nc1ccc(C=NNC(=O)OCCOC(C)=O)cc1)C(=O)OC. The van der Waals surface area contributed by atoms with Crippen LogP contribution < -0.4 is 26.3 Å². The number of rotatable bonds is 14. The van der Waals surface area contributed by atoms with E-state index in [4.69, 9.17) is 9.47 Å². The number of para-hydroxylation sites is 1. The lowest BCUT2D eigenvalue weighted by Gasteiger charge is -2.33. The topological polar surface area (TPSA) is 220 Å². The molecule has 0 aliphatic heterocycles. The fourth-order valence-electron chi connectivity index (χ4n) is 3.65. The molecular weight excluding hydrogens is 608 g/mol. The van der Waals surface area contributed by atoms with Gasteiger partial charge in [-0.1, -0.05) is 30.3 Å². The Balaban J connectivity index is 2.18. The molecule has 0 spiro atoms. The second kappa shape index (κ2) is 18.6. The number of hydrogen-bond donors (Lipinski definition) is 4. The number of esters is 3. The minimum atomic E-state index is -1.74. The number of benzene rings is 2. The summed E-state index contributed by atoms with van der Waals surface area (Å²) in [6, 6.07) is 11.5. The van der Waals surface area contributed by atoms with Crippen molar-refractivity contribution in [3.63, 3.8) is 0 Å². The molecule has 0 fully saturated rings. The van der Waals surface area contributed by atoms with Crippen molar-refractivity contribution in [3.05, 3.63) is 60.2 Å². The van der Waals surface area contributed by atoms with Crippen LogP contribution in [0, 0.1) is 0 Å². The van der Waals surface area contributed by atoms with Crippen LogP contribution in [-0.4, -0.2) is 87.7 Å². The van der Waals surface area contributed by atoms with Gasteiger partial charge < -0.3 is 34.9 Å². The van der Waals surface area contributed by atoms with Crippen LogP contribution in [0.4, 0.5) is 21.0 Å². The van der Waals surface area contributed by atoms with Gasteiger partial charge in [-0.25, -0.2) is 19.8 Å². The minimum absolute atomic E-state index is 0.0948. The fourth-order valence-corrected chi connectivity index (χ4v) is 3.65. The molecule has 0 saturated heterocycles. The van der Waals surface area contributed by atoms with Crippen molar-refractivity contribution >= 4 is 59.4 Å². The van der Waals surface area contributed by atoms with Crippen LogP contribution in [0.3, 0.4) is 0 Å². The number of urea groups is 1. The lowest BCUT2D eigenvalue weighted by Crippen LogP contribution is -2.61. The van der Waals surface area contributed by atoms with Crippen molar-refractivity contribution in [2.75, 3.05) is 37.7 Å². The van der Waals surface area contributed by atoms with Crippen LogP contribution in [0.25, 0.3) is 0 Å². The van der Waals surface area contributed by atoms with Crippen molar-refractivity contribution in [1.82, 2.24) is 16.1 Å². The minimum Gasteiger partial charge on any atom is -0.469 e.